The van der Waals surface area contributed by atoms with Crippen LogP contribution in [0, 0.1) is 3.70 Å². The van der Waals surface area contributed by atoms with Crippen molar-refractivity contribution in [2.45, 2.75) is 13.0 Å². The van der Waals surface area contributed by atoms with Gasteiger partial charge < -0.3 is 9.47 Å². The first-order valence-corrected chi connectivity index (χ1v) is 6.15. The fraction of sp³-hybridized carbons (Fsp3) is 0.667. The van der Waals surface area contributed by atoms with Crippen LogP contribution in [0.4, 0.5) is 0 Å². The van der Waals surface area contributed by atoms with Crippen LogP contribution in [0.5, 0.6) is 0 Å². The Balaban J connectivity index is 2.10. The minimum atomic E-state index is 0.651. The minimum absolute atomic E-state index is 0.651. The third-order valence-electron chi connectivity index (χ3n) is 1.78. The van der Waals surface area contributed by atoms with Crippen molar-refractivity contribution in [3.05, 3.63) is 14.9 Å². The van der Waals surface area contributed by atoms with E-state index in [-0.39, 0.29) is 0 Å². The van der Waals surface area contributed by atoms with E-state index in [9.17, 15) is 0 Å². The molecule has 0 bridgehead atoms. The normalized spacial score (nSPS) is 10.9. The topological polar surface area (TPSA) is 36.3 Å². The van der Waals surface area contributed by atoms with Crippen molar-refractivity contribution in [2.24, 2.45) is 0 Å². The average Bonchev–Trinajstić information content (AvgIpc) is 2.52. The first-order valence-electron chi connectivity index (χ1n) is 4.69. The Labute approximate surface area is 108 Å². The predicted molar refractivity (Wildman–Crippen MR) is 67.3 cm³/mol. The van der Waals surface area contributed by atoms with E-state index in [4.69, 9.17) is 21.1 Å². The number of hydrogen-bond acceptors (Lipinski definition) is 3. The molecule has 0 unspecified atom stereocenters. The van der Waals surface area contributed by atoms with E-state index in [1.807, 2.05) is 6.20 Å². The zero-order valence-corrected chi connectivity index (χ0v) is 11.5. The third-order valence-corrected chi connectivity index (χ3v) is 3.17. The van der Waals surface area contributed by atoms with Gasteiger partial charge in [0.1, 0.15) is 3.70 Å². The highest BCUT2D eigenvalue weighted by Crippen LogP contribution is 2.15. The summed E-state index contributed by atoms with van der Waals surface area (Å²) in [5.74, 6) is 0. The van der Waals surface area contributed by atoms with Gasteiger partial charge in [-0.25, -0.2) is 0 Å². The summed E-state index contributed by atoms with van der Waals surface area (Å²) in [6, 6.07) is 0. The lowest BCUT2D eigenvalue weighted by molar-refractivity contribution is 0.0960. The molecule has 0 N–H and O–H groups in total. The number of methoxy groups -OCH3 is 1. The maximum atomic E-state index is 5.86. The molecule has 86 valence electrons. The number of rotatable bonds is 7. The van der Waals surface area contributed by atoms with Crippen LogP contribution in [0.3, 0.4) is 0 Å². The van der Waals surface area contributed by atoms with Crippen LogP contribution >= 0.6 is 34.2 Å². The fourth-order valence-electron chi connectivity index (χ4n) is 1.05. The van der Waals surface area contributed by atoms with Crippen LogP contribution in [0.25, 0.3) is 0 Å². The molecule has 15 heavy (non-hydrogen) atoms. The number of nitrogens with zero attached hydrogens (tertiary/aromatic N) is 2. The quantitative estimate of drug-likeness (QED) is 0.562. The van der Waals surface area contributed by atoms with E-state index in [1.54, 1.807) is 11.8 Å². The Morgan fingerprint density at radius 2 is 2.27 bits per heavy atom. The lowest BCUT2D eigenvalue weighted by Gasteiger charge is -2.03. The van der Waals surface area contributed by atoms with Crippen LogP contribution in [0.15, 0.2) is 6.20 Å². The van der Waals surface area contributed by atoms with Gasteiger partial charge in [0.2, 0.25) is 0 Å². The van der Waals surface area contributed by atoms with Gasteiger partial charge in [-0.2, -0.15) is 5.10 Å². The van der Waals surface area contributed by atoms with E-state index in [2.05, 4.69) is 27.7 Å². The van der Waals surface area contributed by atoms with Crippen molar-refractivity contribution in [1.82, 2.24) is 9.78 Å². The van der Waals surface area contributed by atoms with Gasteiger partial charge in [-0.15, -0.1) is 0 Å². The number of hydrogen-bond donors (Lipinski definition) is 0. The Kier molecular flexibility index (Phi) is 6.54. The van der Waals surface area contributed by atoms with E-state index in [1.165, 1.54) is 0 Å². The number of aromatic nitrogens is 2. The molecule has 1 aromatic rings. The maximum Gasteiger partial charge on any atom is 0.141 e. The summed E-state index contributed by atoms with van der Waals surface area (Å²) in [4.78, 5) is 0. The van der Waals surface area contributed by atoms with Gasteiger partial charge in [0, 0.05) is 26.5 Å². The van der Waals surface area contributed by atoms with Crippen molar-refractivity contribution in [3.63, 3.8) is 0 Å². The summed E-state index contributed by atoms with van der Waals surface area (Å²) in [6.07, 6.45) is 2.73. The third kappa shape index (κ3) is 5.14. The van der Waals surface area contributed by atoms with Crippen LogP contribution in [0.2, 0.25) is 5.02 Å². The van der Waals surface area contributed by atoms with Gasteiger partial charge in [0.05, 0.1) is 18.2 Å². The molecule has 1 rings (SSSR count). The largest absolute Gasteiger partial charge is 0.385 e. The smallest absolute Gasteiger partial charge is 0.141 e. The van der Waals surface area contributed by atoms with Gasteiger partial charge in [0.15, 0.2) is 0 Å². The fourth-order valence-corrected chi connectivity index (χ4v) is 1.62. The van der Waals surface area contributed by atoms with Crippen LogP contribution in [0.1, 0.15) is 6.42 Å². The molecule has 0 aliphatic rings. The highest BCUT2D eigenvalue weighted by molar-refractivity contribution is 14.1. The lowest BCUT2D eigenvalue weighted by atomic mass is 10.5. The molecule has 1 heterocycles. The van der Waals surface area contributed by atoms with Gasteiger partial charge in [-0.05, 0) is 29.0 Å². The standard InChI is InChI=1S/C9H14ClIN2O2/c1-14-4-2-5-15-6-3-13-7-8(10)9(11)12-13/h7H,2-6H2,1H3. The van der Waals surface area contributed by atoms with E-state index in [0.29, 0.717) is 11.6 Å². The maximum absolute atomic E-state index is 5.86. The van der Waals surface area contributed by atoms with Crippen molar-refractivity contribution in [1.29, 1.82) is 0 Å². The van der Waals surface area contributed by atoms with Crippen LogP contribution < -0.4 is 0 Å². The lowest BCUT2D eigenvalue weighted by Crippen LogP contribution is -2.08. The molecule has 0 aliphatic heterocycles. The number of ether oxygens (including phenoxy) is 2. The molecule has 4 nitrogen and oxygen atoms in total. The highest BCUT2D eigenvalue weighted by atomic mass is 127. The van der Waals surface area contributed by atoms with Crippen molar-refractivity contribution < 1.29 is 9.47 Å². The molecule has 0 saturated heterocycles. The second-order valence-corrected chi connectivity index (χ2v) is 4.42. The Morgan fingerprint density at radius 3 is 2.87 bits per heavy atom. The molecular weight excluding hydrogens is 330 g/mol. The molecule has 1 aromatic heterocycles. The summed E-state index contributed by atoms with van der Waals surface area (Å²) >= 11 is 7.97. The predicted octanol–water partition coefficient (Wildman–Crippen LogP) is 2.19. The van der Waals surface area contributed by atoms with Crippen molar-refractivity contribution >= 4 is 34.2 Å². The summed E-state index contributed by atoms with van der Waals surface area (Å²) in [5, 5.41) is 4.90. The highest BCUT2D eigenvalue weighted by Gasteiger charge is 2.02. The summed E-state index contributed by atoms with van der Waals surface area (Å²) in [5.41, 5.74) is 0. The van der Waals surface area contributed by atoms with E-state index < -0.39 is 0 Å². The Bertz CT molecular complexity index is 274. The Morgan fingerprint density at radius 1 is 1.47 bits per heavy atom. The zero-order valence-electron chi connectivity index (χ0n) is 8.58. The first-order chi connectivity index (χ1) is 7.24. The van der Waals surface area contributed by atoms with Crippen LogP contribution in [-0.4, -0.2) is 36.7 Å². The SMILES string of the molecule is COCCCOCCn1cc(Cl)c(I)n1. The average molecular weight is 345 g/mol. The molecule has 0 saturated carbocycles. The monoisotopic (exact) mass is 344 g/mol. The van der Waals surface area contributed by atoms with Crippen LogP contribution in [-0.2, 0) is 16.0 Å². The molecule has 0 fully saturated rings. The zero-order chi connectivity index (χ0) is 11.1. The first kappa shape index (κ1) is 13.2. The molecule has 0 amide bonds. The minimum Gasteiger partial charge on any atom is -0.385 e. The molecule has 6 heteroatoms. The summed E-state index contributed by atoms with van der Waals surface area (Å²) in [6.45, 7) is 2.85. The van der Waals surface area contributed by atoms with Gasteiger partial charge in [-0.1, -0.05) is 11.6 Å². The van der Waals surface area contributed by atoms with Crippen molar-refractivity contribution in [3.8, 4) is 0 Å². The molecule has 0 radical (unpaired) electrons. The molecule has 0 aliphatic carbocycles. The molecule has 0 atom stereocenters. The summed E-state index contributed by atoms with van der Waals surface area (Å²) in [7, 11) is 1.69. The molecule has 0 aromatic carbocycles. The molecular formula is C9H14ClIN2O2. The van der Waals surface area contributed by atoms with E-state index in [0.717, 1.165) is 29.9 Å². The molecule has 0 spiro atoms. The number of halogens is 2. The van der Waals surface area contributed by atoms with Gasteiger partial charge in [0.25, 0.3) is 0 Å². The summed E-state index contributed by atoms with van der Waals surface area (Å²) < 4.78 is 12.9. The van der Waals surface area contributed by atoms with Gasteiger partial charge in [-0.3, -0.25) is 4.68 Å². The Hall–Kier alpha value is 0.150. The second kappa shape index (κ2) is 7.43. The van der Waals surface area contributed by atoms with Crippen molar-refractivity contribution in [2.75, 3.05) is 26.9 Å². The van der Waals surface area contributed by atoms with E-state index >= 15 is 0 Å². The van der Waals surface area contributed by atoms with Gasteiger partial charge >= 0.3 is 0 Å². The second-order valence-electron chi connectivity index (χ2n) is 2.99.